The molecule has 2 aromatic rings. The second kappa shape index (κ2) is 5.25. The van der Waals surface area contributed by atoms with Gasteiger partial charge in [-0.2, -0.15) is 0 Å². The quantitative estimate of drug-likeness (QED) is 0.520. The largest absolute Gasteiger partial charge is 0.349 e. The van der Waals surface area contributed by atoms with Gasteiger partial charge in [0.2, 0.25) is 0 Å². The molecule has 0 N–H and O–H groups in total. The Morgan fingerprint density at radius 1 is 0.739 bits per heavy atom. The van der Waals surface area contributed by atoms with Crippen molar-refractivity contribution in [1.82, 2.24) is 0 Å². The highest BCUT2D eigenvalue weighted by atomic mass is 79.9. The third-order valence-electron chi connectivity index (χ3n) is 5.30. The second-order valence-electron chi connectivity index (χ2n) is 6.79. The van der Waals surface area contributed by atoms with Gasteiger partial charge in [0.1, 0.15) is 0 Å². The summed E-state index contributed by atoms with van der Waals surface area (Å²) in [6, 6.07) is 4.52. The Labute approximate surface area is 154 Å². The standard InChI is InChI=1S/C19H20Br2N2/c1-10-5-16(20)12(3)14-7-23-9-22(18(10)14)8-15-13(4)17(21)6-11(2)19(15)23/h5-6H,7-9H2,1-4H3. The van der Waals surface area contributed by atoms with Crippen molar-refractivity contribution in [3.05, 3.63) is 54.5 Å². The lowest BCUT2D eigenvalue weighted by atomic mass is 9.92. The van der Waals surface area contributed by atoms with Crippen molar-refractivity contribution in [2.75, 3.05) is 16.5 Å². The van der Waals surface area contributed by atoms with Gasteiger partial charge in [-0.25, -0.2) is 0 Å². The van der Waals surface area contributed by atoms with Crippen molar-refractivity contribution in [2.45, 2.75) is 40.8 Å². The number of nitrogens with zero attached hydrogens (tertiary/aromatic N) is 2. The number of anilines is 2. The molecule has 0 atom stereocenters. The molecule has 2 aliphatic heterocycles. The summed E-state index contributed by atoms with van der Waals surface area (Å²) in [7, 11) is 0. The van der Waals surface area contributed by atoms with Crippen LogP contribution in [-0.4, -0.2) is 6.67 Å². The van der Waals surface area contributed by atoms with Gasteiger partial charge in [-0.3, -0.25) is 0 Å². The molecular formula is C19H20Br2N2. The second-order valence-corrected chi connectivity index (χ2v) is 8.50. The maximum atomic E-state index is 3.73. The molecule has 0 radical (unpaired) electrons. The number of benzene rings is 2. The lowest BCUT2D eigenvalue weighted by Crippen LogP contribution is -2.47. The third-order valence-corrected chi connectivity index (χ3v) is 6.95. The van der Waals surface area contributed by atoms with Gasteiger partial charge in [-0.05, 0) is 73.2 Å². The van der Waals surface area contributed by atoms with Gasteiger partial charge in [0.25, 0.3) is 0 Å². The Hall–Kier alpha value is -1.00. The van der Waals surface area contributed by atoms with E-state index in [9.17, 15) is 0 Å². The minimum absolute atomic E-state index is 0.990. The minimum Gasteiger partial charge on any atom is -0.349 e. The Balaban J connectivity index is 1.94. The first-order chi connectivity index (χ1) is 10.9. The number of halogens is 2. The molecule has 0 saturated heterocycles. The number of aryl methyl sites for hydroxylation is 2. The summed E-state index contributed by atoms with van der Waals surface area (Å²) in [5.41, 5.74) is 11.3. The highest BCUT2D eigenvalue weighted by Crippen LogP contribution is 2.45. The fourth-order valence-corrected chi connectivity index (χ4v) is 5.27. The topological polar surface area (TPSA) is 6.48 Å². The zero-order chi connectivity index (χ0) is 16.5. The van der Waals surface area contributed by atoms with Crippen LogP contribution >= 0.6 is 31.9 Å². The van der Waals surface area contributed by atoms with Crippen LogP contribution in [0, 0.1) is 27.7 Å². The summed E-state index contributed by atoms with van der Waals surface area (Å²) in [5, 5.41) is 0. The Morgan fingerprint density at radius 2 is 1.13 bits per heavy atom. The summed E-state index contributed by atoms with van der Waals surface area (Å²) in [6.45, 7) is 11.9. The van der Waals surface area contributed by atoms with E-state index in [1.807, 2.05) is 0 Å². The van der Waals surface area contributed by atoms with Crippen LogP contribution in [0.25, 0.3) is 0 Å². The average molecular weight is 436 g/mol. The summed E-state index contributed by atoms with van der Waals surface area (Å²) >= 11 is 7.46. The fraction of sp³-hybridized carbons (Fsp3) is 0.368. The zero-order valence-corrected chi connectivity index (χ0v) is 17.1. The molecule has 2 aromatic carbocycles. The van der Waals surface area contributed by atoms with Crippen LogP contribution < -0.4 is 9.80 Å². The van der Waals surface area contributed by atoms with Crippen LogP contribution in [0.1, 0.15) is 33.4 Å². The highest BCUT2D eigenvalue weighted by molar-refractivity contribution is 9.10. The molecule has 0 aromatic heterocycles. The van der Waals surface area contributed by atoms with Gasteiger partial charge in [0, 0.05) is 33.4 Å². The number of hydrogen-bond donors (Lipinski definition) is 0. The third kappa shape index (κ3) is 2.18. The first-order valence-corrected chi connectivity index (χ1v) is 9.54. The van der Waals surface area contributed by atoms with Crippen LogP contribution in [-0.2, 0) is 13.1 Å². The molecule has 0 aliphatic carbocycles. The molecule has 2 heterocycles. The van der Waals surface area contributed by atoms with E-state index < -0.39 is 0 Å². The smallest absolute Gasteiger partial charge is 0.0910 e. The van der Waals surface area contributed by atoms with Gasteiger partial charge in [-0.15, -0.1) is 0 Å². The van der Waals surface area contributed by atoms with Gasteiger partial charge in [0.05, 0.1) is 6.67 Å². The first-order valence-electron chi connectivity index (χ1n) is 7.95. The maximum absolute atomic E-state index is 3.73. The summed E-state index contributed by atoms with van der Waals surface area (Å²) in [6.07, 6.45) is 0. The van der Waals surface area contributed by atoms with E-state index in [1.54, 1.807) is 0 Å². The van der Waals surface area contributed by atoms with Crippen molar-refractivity contribution < 1.29 is 0 Å². The van der Waals surface area contributed by atoms with Crippen LogP contribution in [0.4, 0.5) is 11.4 Å². The maximum Gasteiger partial charge on any atom is 0.0910 e. The monoisotopic (exact) mass is 434 g/mol. The van der Waals surface area contributed by atoms with Crippen molar-refractivity contribution in [1.29, 1.82) is 0 Å². The minimum atomic E-state index is 0.990. The molecule has 23 heavy (non-hydrogen) atoms. The van der Waals surface area contributed by atoms with Crippen molar-refractivity contribution >= 4 is 43.2 Å². The lowest BCUT2D eigenvalue weighted by Gasteiger charge is -2.47. The first kappa shape index (κ1) is 15.5. The van der Waals surface area contributed by atoms with E-state index >= 15 is 0 Å². The summed E-state index contributed by atoms with van der Waals surface area (Å²) in [5.74, 6) is 0. The molecule has 0 fully saturated rings. The predicted octanol–water partition coefficient (Wildman–Crippen LogP) is 5.74. The summed E-state index contributed by atoms with van der Waals surface area (Å²) in [4.78, 5) is 5.07. The molecular weight excluding hydrogens is 416 g/mol. The van der Waals surface area contributed by atoms with Gasteiger partial charge in [0.15, 0.2) is 0 Å². The molecule has 2 aliphatic rings. The number of hydrogen-bond acceptors (Lipinski definition) is 2. The van der Waals surface area contributed by atoms with E-state index in [1.165, 1.54) is 53.7 Å². The van der Waals surface area contributed by atoms with E-state index in [-0.39, 0.29) is 0 Å². The average Bonchev–Trinajstić information content (AvgIpc) is 2.49. The SMILES string of the molecule is Cc1cc(Br)c(C)c2c1N1Cc3c(C)c(Br)cc(C)c3N(C2)C1. The van der Waals surface area contributed by atoms with E-state index in [0.717, 1.165) is 19.8 Å². The van der Waals surface area contributed by atoms with E-state index in [4.69, 9.17) is 0 Å². The van der Waals surface area contributed by atoms with Gasteiger partial charge >= 0.3 is 0 Å². The predicted molar refractivity (Wildman–Crippen MR) is 104 cm³/mol. The molecule has 0 amide bonds. The molecule has 2 nitrogen and oxygen atoms in total. The molecule has 4 rings (SSSR count). The normalized spacial score (nSPS) is 15.6. The number of fused-ring (bicyclic) bond motifs is 6. The Bertz CT molecular complexity index is 773. The van der Waals surface area contributed by atoms with Gasteiger partial charge < -0.3 is 9.80 Å². The van der Waals surface area contributed by atoms with Crippen LogP contribution in [0.2, 0.25) is 0 Å². The van der Waals surface area contributed by atoms with Crippen LogP contribution in [0.15, 0.2) is 21.1 Å². The zero-order valence-electron chi connectivity index (χ0n) is 13.9. The number of rotatable bonds is 0. The summed E-state index contributed by atoms with van der Waals surface area (Å²) < 4.78 is 2.44. The Kier molecular flexibility index (Phi) is 3.54. The van der Waals surface area contributed by atoms with Crippen molar-refractivity contribution in [2.24, 2.45) is 0 Å². The van der Waals surface area contributed by atoms with Crippen LogP contribution in [0.3, 0.4) is 0 Å². The molecule has 4 heteroatoms. The molecule has 0 unspecified atom stereocenters. The molecule has 0 saturated carbocycles. The molecule has 120 valence electrons. The van der Waals surface area contributed by atoms with E-state index in [2.05, 4.69) is 81.5 Å². The molecule has 0 spiro atoms. The van der Waals surface area contributed by atoms with Gasteiger partial charge in [-0.1, -0.05) is 31.9 Å². The van der Waals surface area contributed by atoms with Crippen molar-refractivity contribution in [3.63, 3.8) is 0 Å². The highest BCUT2D eigenvalue weighted by Gasteiger charge is 2.33. The van der Waals surface area contributed by atoms with Crippen molar-refractivity contribution in [3.8, 4) is 0 Å². The molecule has 2 bridgehead atoms. The van der Waals surface area contributed by atoms with E-state index in [0.29, 0.717) is 0 Å². The lowest BCUT2D eigenvalue weighted by molar-refractivity contribution is 0.641. The fourth-order valence-electron chi connectivity index (χ4n) is 4.11. The Morgan fingerprint density at radius 3 is 1.52 bits per heavy atom. The van der Waals surface area contributed by atoms with Crippen LogP contribution in [0.5, 0.6) is 0 Å².